The minimum Gasteiger partial charge on any atom is -0.378 e. The minimum atomic E-state index is -1.29. The SMILES string of the molecule is CN(C)c1ccc(C(=O)OOOOC(c2ccc(N(C)C)cc2)(c2ccc(N(C)C)cc2)c2ccc(N(C)C)cc2)cc1. The lowest BCUT2D eigenvalue weighted by atomic mass is 9.80. The number of hydrogen-bond acceptors (Lipinski definition) is 9. The van der Waals surface area contributed by atoms with Crippen LogP contribution in [-0.4, -0.2) is 62.4 Å². The number of benzene rings is 4. The summed E-state index contributed by atoms with van der Waals surface area (Å²) in [7, 11) is 15.7. The standard InChI is InChI=1S/C34H40N4O5/c1-35(2)29-17-9-25(10-18-29)33(39)40-42-43-41-34(26-11-19-30(20-12-26)36(3)4,27-13-21-31(22-14-27)37(5)6)28-15-23-32(24-16-28)38(7)8/h9-24H,1-8H3. The zero-order valence-electron chi connectivity index (χ0n) is 26.1. The Morgan fingerprint density at radius 3 is 1.07 bits per heavy atom. The van der Waals surface area contributed by atoms with Gasteiger partial charge >= 0.3 is 5.97 Å². The van der Waals surface area contributed by atoms with Crippen LogP contribution in [0.3, 0.4) is 0 Å². The molecule has 4 aromatic rings. The lowest BCUT2D eigenvalue weighted by Crippen LogP contribution is -2.33. The normalized spacial score (nSPS) is 11.2. The Kier molecular flexibility index (Phi) is 9.92. The Balaban J connectivity index is 1.71. The van der Waals surface area contributed by atoms with Crippen LogP contribution in [0.1, 0.15) is 27.0 Å². The molecule has 226 valence electrons. The van der Waals surface area contributed by atoms with Crippen molar-refractivity contribution in [1.82, 2.24) is 0 Å². The van der Waals surface area contributed by atoms with E-state index in [1.165, 1.54) is 0 Å². The van der Waals surface area contributed by atoms with Crippen molar-refractivity contribution in [3.8, 4) is 0 Å². The van der Waals surface area contributed by atoms with Gasteiger partial charge in [0.05, 0.1) is 5.56 Å². The molecular formula is C34H40N4O5. The third-order valence-electron chi connectivity index (χ3n) is 7.29. The summed E-state index contributed by atoms with van der Waals surface area (Å²) in [5.74, 6) is -0.722. The Labute approximate surface area is 254 Å². The summed E-state index contributed by atoms with van der Waals surface area (Å²) in [6.07, 6.45) is 0. The summed E-state index contributed by atoms with van der Waals surface area (Å²) in [5, 5.41) is 10.2. The van der Waals surface area contributed by atoms with E-state index in [1.807, 2.05) is 161 Å². The maximum absolute atomic E-state index is 12.7. The van der Waals surface area contributed by atoms with E-state index < -0.39 is 11.6 Å². The average Bonchev–Trinajstić information content (AvgIpc) is 3.01. The monoisotopic (exact) mass is 584 g/mol. The third kappa shape index (κ3) is 7.09. The lowest BCUT2D eigenvalue weighted by molar-refractivity contribution is -0.631. The van der Waals surface area contributed by atoms with Gasteiger partial charge in [-0.25, -0.2) is 4.79 Å². The number of nitrogens with zero attached hydrogens (tertiary/aromatic N) is 4. The third-order valence-corrected chi connectivity index (χ3v) is 7.29. The second kappa shape index (κ2) is 13.6. The van der Waals surface area contributed by atoms with Crippen LogP contribution in [0.5, 0.6) is 0 Å². The smallest absolute Gasteiger partial charge is 0.376 e. The molecule has 0 N–H and O–H groups in total. The van der Waals surface area contributed by atoms with E-state index in [2.05, 4.69) is 0 Å². The van der Waals surface area contributed by atoms with Crippen molar-refractivity contribution in [2.75, 3.05) is 76.0 Å². The molecular weight excluding hydrogens is 544 g/mol. The van der Waals surface area contributed by atoms with E-state index >= 15 is 0 Å². The fourth-order valence-corrected chi connectivity index (χ4v) is 4.68. The van der Waals surface area contributed by atoms with Gasteiger partial charge in [-0.1, -0.05) is 36.4 Å². The van der Waals surface area contributed by atoms with E-state index in [0.717, 1.165) is 39.4 Å². The molecule has 0 saturated heterocycles. The molecule has 0 radical (unpaired) electrons. The van der Waals surface area contributed by atoms with Gasteiger partial charge in [-0.3, -0.25) is 4.89 Å². The second-order valence-electron chi connectivity index (χ2n) is 11.0. The molecule has 0 spiro atoms. The topological polar surface area (TPSA) is 67.0 Å². The van der Waals surface area contributed by atoms with Crippen molar-refractivity contribution < 1.29 is 24.6 Å². The quantitative estimate of drug-likeness (QED) is 0.0877. The van der Waals surface area contributed by atoms with Crippen LogP contribution in [0.25, 0.3) is 0 Å². The van der Waals surface area contributed by atoms with Crippen LogP contribution in [0.15, 0.2) is 97.1 Å². The second-order valence-corrected chi connectivity index (χ2v) is 11.0. The van der Waals surface area contributed by atoms with Gasteiger partial charge in [0.1, 0.15) is 0 Å². The summed E-state index contributed by atoms with van der Waals surface area (Å²) in [6.45, 7) is 0. The Morgan fingerprint density at radius 1 is 0.465 bits per heavy atom. The van der Waals surface area contributed by atoms with Crippen molar-refractivity contribution in [2.45, 2.75) is 5.60 Å². The number of hydrogen-bond donors (Lipinski definition) is 0. The molecule has 9 nitrogen and oxygen atoms in total. The molecule has 4 rings (SSSR count). The first-order valence-corrected chi connectivity index (χ1v) is 13.9. The zero-order valence-corrected chi connectivity index (χ0v) is 26.1. The summed E-state index contributed by atoms with van der Waals surface area (Å²) in [6, 6.07) is 30.9. The number of carbonyl (C=O) groups excluding carboxylic acids is 1. The molecule has 0 atom stereocenters. The first-order chi connectivity index (χ1) is 20.5. The highest BCUT2D eigenvalue weighted by Crippen LogP contribution is 2.42. The highest BCUT2D eigenvalue weighted by Gasteiger charge is 2.40. The summed E-state index contributed by atoms with van der Waals surface area (Å²) < 4.78 is 0. The predicted molar refractivity (Wildman–Crippen MR) is 172 cm³/mol. The van der Waals surface area contributed by atoms with Crippen molar-refractivity contribution in [3.05, 3.63) is 119 Å². The van der Waals surface area contributed by atoms with Gasteiger partial charge in [-0.05, 0) is 82.4 Å². The van der Waals surface area contributed by atoms with E-state index in [4.69, 9.17) is 19.9 Å². The predicted octanol–water partition coefficient (Wildman–Crippen LogP) is 5.89. The van der Waals surface area contributed by atoms with Crippen LogP contribution >= 0.6 is 0 Å². The van der Waals surface area contributed by atoms with Crippen molar-refractivity contribution in [1.29, 1.82) is 0 Å². The van der Waals surface area contributed by atoms with Gasteiger partial charge in [0.15, 0.2) is 5.60 Å². The molecule has 0 amide bonds. The largest absolute Gasteiger partial charge is 0.378 e. The summed E-state index contributed by atoms with van der Waals surface area (Å²) in [5.41, 5.74) is 5.37. The number of anilines is 4. The van der Waals surface area contributed by atoms with Gasteiger partial charge < -0.3 is 19.6 Å². The molecule has 0 aliphatic heterocycles. The Hall–Kier alpha value is -4.57. The van der Waals surface area contributed by atoms with Gasteiger partial charge in [0, 0.05) is 84.2 Å². The fraction of sp³-hybridized carbons (Fsp3) is 0.265. The maximum Gasteiger partial charge on any atom is 0.376 e. The highest BCUT2D eigenvalue weighted by atomic mass is 17.7. The Morgan fingerprint density at radius 2 is 0.767 bits per heavy atom. The average molecular weight is 585 g/mol. The van der Waals surface area contributed by atoms with E-state index in [1.54, 1.807) is 12.1 Å². The Bertz CT molecular complexity index is 1340. The van der Waals surface area contributed by atoms with E-state index in [9.17, 15) is 4.79 Å². The van der Waals surface area contributed by atoms with E-state index in [0.29, 0.717) is 5.56 Å². The van der Waals surface area contributed by atoms with Crippen LogP contribution in [0.2, 0.25) is 0 Å². The van der Waals surface area contributed by atoms with Crippen LogP contribution in [0.4, 0.5) is 22.7 Å². The van der Waals surface area contributed by atoms with Crippen molar-refractivity contribution in [3.63, 3.8) is 0 Å². The number of carbonyl (C=O) groups is 1. The summed E-state index contributed by atoms with van der Waals surface area (Å²) >= 11 is 0. The zero-order chi connectivity index (χ0) is 31.1. The van der Waals surface area contributed by atoms with Crippen LogP contribution in [0, 0.1) is 0 Å². The summed E-state index contributed by atoms with van der Waals surface area (Å²) in [4.78, 5) is 31.8. The highest BCUT2D eigenvalue weighted by molar-refractivity contribution is 5.89. The molecule has 4 aromatic carbocycles. The molecule has 9 heteroatoms. The molecule has 0 aliphatic carbocycles. The molecule has 0 unspecified atom stereocenters. The van der Waals surface area contributed by atoms with Crippen LogP contribution in [-0.2, 0) is 25.5 Å². The first kappa shape index (κ1) is 31.4. The van der Waals surface area contributed by atoms with Gasteiger partial charge in [-0.2, -0.15) is 4.89 Å². The van der Waals surface area contributed by atoms with Crippen LogP contribution < -0.4 is 19.6 Å². The lowest BCUT2D eigenvalue weighted by Gasteiger charge is -2.33. The molecule has 0 heterocycles. The molecule has 0 aliphatic rings. The molecule has 0 fully saturated rings. The molecule has 0 saturated carbocycles. The molecule has 43 heavy (non-hydrogen) atoms. The van der Waals surface area contributed by atoms with Gasteiger partial charge in [0.2, 0.25) is 0 Å². The van der Waals surface area contributed by atoms with E-state index in [-0.39, 0.29) is 0 Å². The first-order valence-electron chi connectivity index (χ1n) is 13.9. The number of rotatable bonds is 12. The molecule has 0 aromatic heterocycles. The van der Waals surface area contributed by atoms with Crippen molar-refractivity contribution in [2.24, 2.45) is 0 Å². The van der Waals surface area contributed by atoms with Gasteiger partial charge in [-0.15, -0.1) is 0 Å². The maximum atomic E-state index is 12.7. The van der Waals surface area contributed by atoms with Crippen molar-refractivity contribution >= 4 is 28.7 Å². The minimum absolute atomic E-state index is 0.304. The fourth-order valence-electron chi connectivity index (χ4n) is 4.68. The van der Waals surface area contributed by atoms with Gasteiger partial charge in [0.25, 0.3) is 0 Å². The molecule has 0 bridgehead atoms.